The lowest BCUT2D eigenvalue weighted by Crippen LogP contribution is -2.47. The quantitative estimate of drug-likeness (QED) is 0.836. The lowest BCUT2D eigenvalue weighted by molar-refractivity contribution is -0.144. The summed E-state index contributed by atoms with van der Waals surface area (Å²) < 4.78 is 5.31. The Morgan fingerprint density at radius 2 is 1.84 bits per heavy atom. The molecule has 0 aromatic heterocycles. The summed E-state index contributed by atoms with van der Waals surface area (Å²) in [5.41, 5.74) is -0.589. The molecule has 1 saturated carbocycles. The summed E-state index contributed by atoms with van der Waals surface area (Å²) >= 11 is 0. The van der Waals surface area contributed by atoms with Gasteiger partial charge in [-0.25, -0.2) is 9.59 Å². The van der Waals surface area contributed by atoms with Crippen molar-refractivity contribution >= 4 is 12.1 Å². The summed E-state index contributed by atoms with van der Waals surface area (Å²) in [6.07, 6.45) is 3.65. The van der Waals surface area contributed by atoms with E-state index in [9.17, 15) is 14.7 Å². The first-order chi connectivity index (χ1) is 8.79. The van der Waals surface area contributed by atoms with Crippen LogP contribution in [0.5, 0.6) is 0 Å². The molecule has 1 N–H and O–H groups in total. The van der Waals surface area contributed by atoms with Gasteiger partial charge in [-0.1, -0.05) is 19.3 Å². The molecular formula is C14H23NO4. The molecule has 1 saturated heterocycles. The van der Waals surface area contributed by atoms with Crippen molar-refractivity contribution in [3.63, 3.8) is 0 Å². The average Bonchev–Trinajstić information content (AvgIpc) is 2.56. The van der Waals surface area contributed by atoms with E-state index in [1.54, 1.807) is 20.8 Å². The van der Waals surface area contributed by atoms with Crippen LogP contribution in [0.15, 0.2) is 0 Å². The number of rotatable bonds is 2. The molecule has 1 aliphatic carbocycles. The second kappa shape index (κ2) is 5.02. The van der Waals surface area contributed by atoms with Gasteiger partial charge in [-0.2, -0.15) is 0 Å². The van der Waals surface area contributed by atoms with E-state index in [1.165, 1.54) is 11.3 Å². The van der Waals surface area contributed by atoms with Gasteiger partial charge in [-0.3, -0.25) is 4.90 Å². The Labute approximate surface area is 113 Å². The number of hydrogen-bond acceptors (Lipinski definition) is 3. The van der Waals surface area contributed by atoms with Gasteiger partial charge in [0, 0.05) is 6.54 Å². The zero-order valence-electron chi connectivity index (χ0n) is 11.9. The van der Waals surface area contributed by atoms with E-state index in [2.05, 4.69) is 0 Å². The maximum atomic E-state index is 12.1. The summed E-state index contributed by atoms with van der Waals surface area (Å²) in [6.45, 7) is 5.87. The summed E-state index contributed by atoms with van der Waals surface area (Å²) in [7, 11) is 0. The monoisotopic (exact) mass is 269 g/mol. The number of carboxylic acid groups (broad SMARTS) is 1. The van der Waals surface area contributed by atoms with Crippen LogP contribution < -0.4 is 0 Å². The second-order valence-electron chi connectivity index (χ2n) is 6.60. The fourth-order valence-corrected chi connectivity index (χ4v) is 3.02. The third-order valence-corrected chi connectivity index (χ3v) is 4.08. The molecule has 5 heteroatoms. The van der Waals surface area contributed by atoms with Gasteiger partial charge in [0.15, 0.2) is 0 Å². The molecule has 0 unspecified atom stereocenters. The molecule has 2 rings (SSSR count). The zero-order valence-corrected chi connectivity index (χ0v) is 11.9. The highest BCUT2D eigenvalue weighted by molar-refractivity contribution is 5.81. The van der Waals surface area contributed by atoms with Gasteiger partial charge in [0.05, 0.1) is 0 Å². The van der Waals surface area contributed by atoms with Gasteiger partial charge in [-0.15, -0.1) is 0 Å². The first-order valence-electron chi connectivity index (χ1n) is 7.02. The minimum atomic E-state index is -0.903. The molecule has 0 radical (unpaired) electrons. The minimum absolute atomic E-state index is 0.0961. The molecule has 0 bridgehead atoms. The van der Waals surface area contributed by atoms with E-state index in [1.807, 2.05) is 0 Å². The molecule has 2 fully saturated rings. The fourth-order valence-electron chi connectivity index (χ4n) is 3.02. The van der Waals surface area contributed by atoms with Gasteiger partial charge in [0.1, 0.15) is 11.6 Å². The summed E-state index contributed by atoms with van der Waals surface area (Å²) in [4.78, 5) is 25.0. The molecule has 2 aliphatic rings. The standard InChI is InChI=1S/C14H23NO4/c1-14(2,3)19-13(18)15-8-7-10(9-5-4-6-9)11(15)12(16)17/h9-11H,4-8H2,1-3H3,(H,16,17)/t10-,11-/m0/s1. The van der Waals surface area contributed by atoms with Crippen LogP contribution in [-0.2, 0) is 9.53 Å². The lowest BCUT2D eigenvalue weighted by Gasteiger charge is -2.35. The number of carbonyl (C=O) groups excluding carboxylic acids is 1. The van der Waals surface area contributed by atoms with Crippen molar-refractivity contribution in [1.82, 2.24) is 4.90 Å². The highest BCUT2D eigenvalue weighted by atomic mass is 16.6. The third-order valence-electron chi connectivity index (χ3n) is 4.08. The van der Waals surface area contributed by atoms with Crippen molar-refractivity contribution in [2.24, 2.45) is 11.8 Å². The molecule has 1 heterocycles. The number of nitrogens with zero attached hydrogens (tertiary/aromatic N) is 1. The molecule has 5 nitrogen and oxygen atoms in total. The van der Waals surface area contributed by atoms with Gasteiger partial charge in [-0.05, 0) is 39.0 Å². The number of carbonyl (C=O) groups is 2. The van der Waals surface area contributed by atoms with Crippen molar-refractivity contribution < 1.29 is 19.4 Å². The van der Waals surface area contributed by atoms with Crippen LogP contribution in [0.1, 0.15) is 46.5 Å². The Kier molecular flexibility index (Phi) is 3.74. The molecule has 19 heavy (non-hydrogen) atoms. The SMILES string of the molecule is CC(C)(C)OC(=O)N1CC[C@@H](C2CCC2)[C@H]1C(=O)O. The van der Waals surface area contributed by atoms with E-state index >= 15 is 0 Å². The lowest BCUT2D eigenvalue weighted by atomic mass is 9.73. The minimum Gasteiger partial charge on any atom is -0.480 e. The normalized spacial score (nSPS) is 28.1. The average molecular weight is 269 g/mol. The van der Waals surface area contributed by atoms with E-state index in [4.69, 9.17) is 4.74 Å². The van der Waals surface area contributed by atoms with Crippen molar-refractivity contribution in [2.45, 2.75) is 58.1 Å². The summed E-state index contributed by atoms with van der Waals surface area (Å²) in [5.74, 6) is -0.340. The molecular weight excluding hydrogens is 246 g/mol. The van der Waals surface area contributed by atoms with Crippen LogP contribution in [0.4, 0.5) is 4.79 Å². The van der Waals surface area contributed by atoms with Gasteiger partial charge >= 0.3 is 12.1 Å². The van der Waals surface area contributed by atoms with Crippen molar-refractivity contribution in [3.05, 3.63) is 0 Å². The van der Waals surface area contributed by atoms with E-state index in [-0.39, 0.29) is 5.92 Å². The highest BCUT2D eigenvalue weighted by Crippen LogP contribution is 2.42. The molecule has 2 atom stereocenters. The fraction of sp³-hybridized carbons (Fsp3) is 0.857. The number of ether oxygens (including phenoxy) is 1. The predicted molar refractivity (Wildman–Crippen MR) is 69.8 cm³/mol. The van der Waals surface area contributed by atoms with Crippen LogP contribution >= 0.6 is 0 Å². The van der Waals surface area contributed by atoms with Crippen LogP contribution in [0.25, 0.3) is 0 Å². The van der Waals surface area contributed by atoms with Gasteiger partial charge < -0.3 is 9.84 Å². The van der Waals surface area contributed by atoms with Crippen molar-refractivity contribution in [3.8, 4) is 0 Å². The number of aliphatic carboxylic acids is 1. The van der Waals surface area contributed by atoms with Crippen molar-refractivity contribution in [2.75, 3.05) is 6.54 Å². The molecule has 1 amide bonds. The predicted octanol–water partition coefficient (Wildman–Crippen LogP) is 2.50. The second-order valence-corrected chi connectivity index (χ2v) is 6.60. The topological polar surface area (TPSA) is 66.8 Å². The molecule has 0 aromatic rings. The zero-order chi connectivity index (χ0) is 14.2. The maximum absolute atomic E-state index is 12.1. The Balaban J connectivity index is 2.07. The smallest absolute Gasteiger partial charge is 0.411 e. The number of hydrogen-bond donors (Lipinski definition) is 1. The van der Waals surface area contributed by atoms with Gasteiger partial charge in [0.25, 0.3) is 0 Å². The Bertz CT molecular complexity index is 370. The van der Waals surface area contributed by atoms with Crippen LogP contribution in [-0.4, -0.2) is 40.3 Å². The third kappa shape index (κ3) is 3.01. The van der Waals surface area contributed by atoms with E-state index in [0.717, 1.165) is 19.3 Å². The first-order valence-corrected chi connectivity index (χ1v) is 7.02. The number of carboxylic acids is 1. The molecule has 0 spiro atoms. The molecule has 108 valence electrons. The van der Waals surface area contributed by atoms with Crippen LogP contribution in [0.2, 0.25) is 0 Å². The number of amides is 1. The Morgan fingerprint density at radius 3 is 2.26 bits per heavy atom. The Hall–Kier alpha value is -1.26. The largest absolute Gasteiger partial charge is 0.480 e. The first kappa shape index (κ1) is 14.2. The van der Waals surface area contributed by atoms with Crippen LogP contribution in [0.3, 0.4) is 0 Å². The molecule has 0 aromatic carbocycles. The molecule has 1 aliphatic heterocycles. The Morgan fingerprint density at radius 1 is 1.21 bits per heavy atom. The maximum Gasteiger partial charge on any atom is 0.411 e. The van der Waals surface area contributed by atoms with Crippen LogP contribution in [0, 0.1) is 11.8 Å². The highest BCUT2D eigenvalue weighted by Gasteiger charge is 2.47. The van der Waals surface area contributed by atoms with Gasteiger partial charge in [0.2, 0.25) is 0 Å². The summed E-state index contributed by atoms with van der Waals surface area (Å²) in [5, 5.41) is 9.42. The van der Waals surface area contributed by atoms with Crippen molar-refractivity contribution in [1.29, 1.82) is 0 Å². The van der Waals surface area contributed by atoms with E-state index < -0.39 is 23.7 Å². The number of likely N-dealkylation sites (tertiary alicyclic amines) is 1. The summed E-state index contributed by atoms with van der Waals surface area (Å²) in [6, 6.07) is -0.708. The van der Waals surface area contributed by atoms with E-state index in [0.29, 0.717) is 12.5 Å².